The number of imide groups is 1. The number of carbonyl (C=O) groups excluding carboxylic acids is 2. The Morgan fingerprint density at radius 1 is 0.974 bits per heavy atom. The van der Waals surface area contributed by atoms with E-state index in [9.17, 15) is 9.59 Å². The lowest BCUT2D eigenvalue weighted by Gasteiger charge is -2.22. The van der Waals surface area contributed by atoms with Gasteiger partial charge < -0.3 is 19.4 Å². The molecule has 0 spiro atoms. The Labute approximate surface area is 232 Å². The van der Waals surface area contributed by atoms with Crippen LogP contribution < -0.4 is 19.7 Å². The number of carbonyl (C=O) groups is 2. The number of rotatable bonds is 10. The van der Waals surface area contributed by atoms with Gasteiger partial charge in [0.15, 0.2) is 6.10 Å². The standard InChI is InChI=1S/C30H32N4O4S/c1-18(2)17-34(4)21-6-5-7-23(15-21)38-24-12-13-25-26(16-24)32-28(31-25)19(3)37-22-10-8-20(9-11-22)14-27-29(35)33-30(36)39-27/h5-13,15-16,18-19,27H,14,17H2,1-4H3,(H,31,32)(H,33,35,36). The molecular formula is C30H32N4O4S. The minimum Gasteiger partial charge on any atom is -0.483 e. The van der Waals surface area contributed by atoms with Crippen LogP contribution in [0.1, 0.15) is 38.3 Å². The second-order valence-corrected chi connectivity index (χ2v) is 11.3. The van der Waals surface area contributed by atoms with E-state index in [0.717, 1.165) is 52.1 Å². The van der Waals surface area contributed by atoms with Crippen LogP contribution >= 0.6 is 11.8 Å². The smallest absolute Gasteiger partial charge is 0.286 e. The van der Waals surface area contributed by atoms with Crippen molar-refractivity contribution >= 4 is 39.6 Å². The zero-order chi connectivity index (χ0) is 27.5. The summed E-state index contributed by atoms with van der Waals surface area (Å²) in [6, 6.07) is 21.5. The van der Waals surface area contributed by atoms with Gasteiger partial charge in [0.2, 0.25) is 5.91 Å². The van der Waals surface area contributed by atoms with Crippen LogP contribution in [0.3, 0.4) is 0 Å². The maximum absolute atomic E-state index is 11.8. The number of amides is 2. The molecule has 0 radical (unpaired) electrons. The highest BCUT2D eigenvalue weighted by Gasteiger charge is 2.31. The molecule has 2 N–H and O–H groups in total. The van der Waals surface area contributed by atoms with E-state index < -0.39 is 0 Å². The molecule has 39 heavy (non-hydrogen) atoms. The molecule has 3 aromatic carbocycles. The number of nitrogens with one attached hydrogen (secondary N) is 2. The molecule has 202 valence electrons. The summed E-state index contributed by atoms with van der Waals surface area (Å²) in [6.07, 6.45) is 0.180. The Hall–Kier alpha value is -3.98. The normalized spacial score (nSPS) is 16.0. The topological polar surface area (TPSA) is 96.6 Å². The van der Waals surface area contributed by atoms with Crippen molar-refractivity contribution in [3.05, 3.63) is 78.1 Å². The summed E-state index contributed by atoms with van der Waals surface area (Å²) in [6.45, 7) is 7.32. The molecule has 1 aliphatic heterocycles. The molecule has 2 amide bonds. The fraction of sp³-hybridized carbons (Fsp3) is 0.300. The second kappa shape index (κ2) is 11.4. The van der Waals surface area contributed by atoms with Gasteiger partial charge in [-0.3, -0.25) is 14.9 Å². The molecule has 5 rings (SSSR count). The van der Waals surface area contributed by atoms with Crippen LogP contribution in [0.15, 0.2) is 66.7 Å². The summed E-state index contributed by atoms with van der Waals surface area (Å²) < 4.78 is 12.3. The van der Waals surface area contributed by atoms with Crippen molar-refractivity contribution in [3.8, 4) is 17.2 Å². The average molecular weight is 545 g/mol. The third-order valence-electron chi connectivity index (χ3n) is 6.41. The maximum atomic E-state index is 11.8. The summed E-state index contributed by atoms with van der Waals surface area (Å²) in [5.74, 6) is 3.24. The first-order chi connectivity index (χ1) is 18.7. The van der Waals surface area contributed by atoms with E-state index in [0.29, 0.717) is 23.9 Å². The molecule has 2 heterocycles. The lowest BCUT2D eigenvalue weighted by molar-refractivity contribution is -0.118. The number of thioether (sulfide) groups is 1. The number of H-pyrrole nitrogens is 1. The largest absolute Gasteiger partial charge is 0.483 e. The summed E-state index contributed by atoms with van der Waals surface area (Å²) >= 11 is 1.03. The van der Waals surface area contributed by atoms with Gasteiger partial charge in [-0.25, -0.2) is 4.98 Å². The van der Waals surface area contributed by atoms with Gasteiger partial charge in [-0.15, -0.1) is 0 Å². The van der Waals surface area contributed by atoms with E-state index in [4.69, 9.17) is 14.5 Å². The number of nitrogens with zero attached hydrogens (tertiary/aromatic N) is 2. The van der Waals surface area contributed by atoms with Gasteiger partial charge in [0.25, 0.3) is 5.24 Å². The molecule has 2 atom stereocenters. The molecule has 1 aromatic heterocycles. The number of hydrogen-bond donors (Lipinski definition) is 2. The molecule has 8 nitrogen and oxygen atoms in total. The summed E-state index contributed by atoms with van der Waals surface area (Å²) in [4.78, 5) is 33.5. The van der Waals surface area contributed by atoms with Gasteiger partial charge in [0.1, 0.15) is 23.1 Å². The Kier molecular flexibility index (Phi) is 7.79. The van der Waals surface area contributed by atoms with Gasteiger partial charge in [-0.2, -0.15) is 0 Å². The Morgan fingerprint density at radius 2 is 1.72 bits per heavy atom. The van der Waals surface area contributed by atoms with Gasteiger partial charge in [0.05, 0.1) is 16.3 Å². The molecule has 0 bridgehead atoms. The number of aromatic nitrogens is 2. The highest BCUT2D eigenvalue weighted by molar-refractivity contribution is 8.15. The predicted molar refractivity (Wildman–Crippen MR) is 155 cm³/mol. The molecule has 0 aliphatic carbocycles. The van der Waals surface area contributed by atoms with E-state index in [2.05, 4.69) is 42.2 Å². The molecule has 1 saturated heterocycles. The Bertz CT molecular complexity index is 1480. The maximum Gasteiger partial charge on any atom is 0.286 e. The minimum absolute atomic E-state index is 0.236. The first kappa shape index (κ1) is 26.6. The Balaban J connectivity index is 1.23. The zero-order valence-corrected chi connectivity index (χ0v) is 23.2. The van der Waals surface area contributed by atoms with Gasteiger partial charge in [0, 0.05) is 31.4 Å². The molecule has 4 aromatic rings. The molecular weight excluding hydrogens is 512 g/mol. The fourth-order valence-electron chi connectivity index (χ4n) is 4.54. The predicted octanol–water partition coefficient (Wildman–Crippen LogP) is 6.48. The van der Waals surface area contributed by atoms with Crippen molar-refractivity contribution in [1.82, 2.24) is 15.3 Å². The lowest BCUT2D eigenvalue weighted by Crippen LogP contribution is -2.25. The molecule has 1 fully saturated rings. The summed E-state index contributed by atoms with van der Waals surface area (Å²) in [5.41, 5.74) is 3.77. The minimum atomic E-state index is -0.386. The van der Waals surface area contributed by atoms with Crippen LogP contribution in [0.5, 0.6) is 17.2 Å². The van der Waals surface area contributed by atoms with Crippen LogP contribution in [0.25, 0.3) is 11.0 Å². The van der Waals surface area contributed by atoms with Crippen molar-refractivity contribution in [2.75, 3.05) is 18.5 Å². The first-order valence-corrected chi connectivity index (χ1v) is 13.9. The van der Waals surface area contributed by atoms with Gasteiger partial charge in [-0.1, -0.05) is 43.8 Å². The third kappa shape index (κ3) is 6.54. The second-order valence-electron chi connectivity index (χ2n) is 10.2. The van der Waals surface area contributed by atoms with E-state index in [1.54, 1.807) is 0 Å². The van der Waals surface area contributed by atoms with Crippen molar-refractivity contribution in [2.24, 2.45) is 5.92 Å². The number of aromatic amines is 1. The summed E-state index contributed by atoms with van der Waals surface area (Å²) in [5, 5.41) is 1.65. The van der Waals surface area contributed by atoms with E-state index >= 15 is 0 Å². The number of anilines is 1. The molecule has 2 unspecified atom stereocenters. The SMILES string of the molecule is CC(C)CN(C)c1cccc(Oc2ccc3nc(C(C)Oc4ccc(CC5SC(=O)NC5=O)cc4)[nH]c3c2)c1. The third-order valence-corrected chi connectivity index (χ3v) is 7.40. The number of benzene rings is 3. The van der Waals surface area contributed by atoms with E-state index in [1.807, 2.05) is 67.6 Å². The van der Waals surface area contributed by atoms with E-state index in [1.165, 1.54) is 0 Å². The van der Waals surface area contributed by atoms with Crippen LogP contribution in [0, 0.1) is 5.92 Å². The molecule has 1 aliphatic rings. The Morgan fingerprint density at radius 3 is 2.44 bits per heavy atom. The van der Waals surface area contributed by atoms with Crippen LogP contribution in [0.2, 0.25) is 0 Å². The number of imidazole rings is 1. The number of fused-ring (bicyclic) bond motifs is 1. The number of ether oxygens (including phenoxy) is 2. The van der Waals surface area contributed by atoms with Crippen LogP contribution in [-0.4, -0.2) is 40.0 Å². The van der Waals surface area contributed by atoms with Crippen molar-refractivity contribution < 1.29 is 19.1 Å². The molecule has 9 heteroatoms. The highest BCUT2D eigenvalue weighted by Crippen LogP contribution is 2.30. The monoisotopic (exact) mass is 544 g/mol. The average Bonchev–Trinajstić information content (AvgIpc) is 3.46. The zero-order valence-electron chi connectivity index (χ0n) is 22.4. The van der Waals surface area contributed by atoms with Crippen molar-refractivity contribution in [3.63, 3.8) is 0 Å². The fourth-order valence-corrected chi connectivity index (χ4v) is 5.40. The van der Waals surface area contributed by atoms with Gasteiger partial charge in [-0.05, 0) is 61.2 Å². The highest BCUT2D eigenvalue weighted by atomic mass is 32.2. The van der Waals surface area contributed by atoms with Gasteiger partial charge >= 0.3 is 0 Å². The summed E-state index contributed by atoms with van der Waals surface area (Å²) in [7, 11) is 2.09. The van der Waals surface area contributed by atoms with Crippen LogP contribution in [-0.2, 0) is 11.2 Å². The van der Waals surface area contributed by atoms with Crippen molar-refractivity contribution in [1.29, 1.82) is 0 Å². The van der Waals surface area contributed by atoms with Crippen molar-refractivity contribution in [2.45, 2.75) is 38.5 Å². The number of hydrogen-bond acceptors (Lipinski definition) is 7. The van der Waals surface area contributed by atoms with E-state index in [-0.39, 0.29) is 22.5 Å². The van der Waals surface area contributed by atoms with Crippen LogP contribution in [0.4, 0.5) is 10.5 Å². The quantitative estimate of drug-likeness (QED) is 0.236. The molecule has 0 saturated carbocycles. The lowest BCUT2D eigenvalue weighted by atomic mass is 10.1. The first-order valence-electron chi connectivity index (χ1n) is 13.0.